The van der Waals surface area contributed by atoms with Gasteiger partial charge in [-0.1, -0.05) is 19.9 Å². The van der Waals surface area contributed by atoms with Gasteiger partial charge in [-0.15, -0.1) is 0 Å². The summed E-state index contributed by atoms with van der Waals surface area (Å²) in [5.74, 6) is -0.0374. The first-order chi connectivity index (χ1) is 8.28. The Balaban J connectivity index is 2.14. The summed E-state index contributed by atoms with van der Waals surface area (Å²) in [6.45, 7) is 4.30. The summed E-state index contributed by atoms with van der Waals surface area (Å²) >= 11 is 0. The first-order valence-electron chi connectivity index (χ1n) is 6.10. The summed E-state index contributed by atoms with van der Waals surface area (Å²) < 4.78 is 27.0. The van der Waals surface area contributed by atoms with Crippen LogP contribution < -0.4 is 4.72 Å². The van der Waals surface area contributed by atoms with Crippen LogP contribution in [0.3, 0.4) is 0 Å². The number of hydrogen-bond donors (Lipinski definition) is 2. The molecule has 0 aliphatic heterocycles. The Bertz CT molecular complexity index is 537. The molecular formula is C13H19NO3S. The van der Waals surface area contributed by atoms with Crippen molar-refractivity contribution in [1.82, 2.24) is 4.72 Å². The molecule has 1 aliphatic rings. The zero-order valence-corrected chi connectivity index (χ0v) is 11.5. The molecule has 1 aromatic carbocycles. The maximum Gasteiger partial charge on any atom is 0.240 e. The molecule has 1 unspecified atom stereocenters. The molecular weight excluding hydrogens is 250 g/mol. The lowest BCUT2D eigenvalue weighted by Crippen LogP contribution is -2.33. The second kappa shape index (κ2) is 4.55. The minimum atomic E-state index is -3.53. The Labute approximate surface area is 108 Å². The maximum atomic E-state index is 12.1. The first-order valence-corrected chi connectivity index (χ1v) is 7.58. The minimum absolute atomic E-state index is 0.00708. The monoisotopic (exact) mass is 269 g/mol. The molecule has 2 N–H and O–H groups in total. The highest BCUT2D eigenvalue weighted by atomic mass is 32.2. The second-order valence-electron chi connectivity index (χ2n) is 5.72. The molecule has 18 heavy (non-hydrogen) atoms. The third-order valence-electron chi connectivity index (χ3n) is 3.42. The topological polar surface area (TPSA) is 66.4 Å². The van der Waals surface area contributed by atoms with Gasteiger partial charge in [-0.3, -0.25) is 0 Å². The quantitative estimate of drug-likeness (QED) is 0.884. The molecule has 1 saturated carbocycles. The third-order valence-corrected chi connectivity index (χ3v) is 4.94. The van der Waals surface area contributed by atoms with Crippen molar-refractivity contribution in [3.63, 3.8) is 0 Å². The summed E-state index contributed by atoms with van der Waals surface area (Å²) in [7, 11) is -3.53. The number of benzene rings is 1. The SMILES string of the molecule is CC1(C)CCC(NS(=O)(=O)c2cccc(O)c2)C1. The fourth-order valence-corrected chi connectivity index (χ4v) is 3.78. The molecule has 0 bridgehead atoms. The fourth-order valence-electron chi connectivity index (χ4n) is 2.47. The van der Waals surface area contributed by atoms with E-state index in [0.29, 0.717) is 0 Å². The minimum Gasteiger partial charge on any atom is -0.508 e. The van der Waals surface area contributed by atoms with Crippen molar-refractivity contribution in [2.75, 3.05) is 0 Å². The van der Waals surface area contributed by atoms with E-state index in [9.17, 15) is 13.5 Å². The zero-order chi connectivity index (χ0) is 13.4. The van der Waals surface area contributed by atoms with Crippen LogP contribution in [0.5, 0.6) is 5.75 Å². The normalized spacial score (nSPS) is 23.1. The van der Waals surface area contributed by atoms with Gasteiger partial charge in [0.25, 0.3) is 0 Å². The number of rotatable bonds is 3. The molecule has 2 rings (SSSR count). The number of hydrogen-bond acceptors (Lipinski definition) is 3. The average molecular weight is 269 g/mol. The van der Waals surface area contributed by atoms with E-state index in [1.54, 1.807) is 0 Å². The van der Waals surface area contributed by atoms with E-state index in [0.717, 1.165) is 19.3 Å². The molecule has 1 atom stereocenters. The number of phenols is 1. The van der Waals surface area contributed by atoms with Crippen molar-refractivity contribution in [2.24, 2.45) is 5.41 Å². The average Bonchev–Trinajstić information content (AvgIpc) is 2.57. The molecule has 4 nitrogen and oxygen atoms in total. The summed E-state index contributed by atoms with van der Waals surface area (Å²) in [6, 6.07) is 5.73. The Morgan fingerprint density at radius 1 is 1.39 bits per heavy atom. The predicted molar refractivity (Wildman–Crippen MR) is 69.8 cm³/mol. The molecule has 0 amide bonds. The smallest absolute Gasteiger partial charge is 0.240 e. The van der Waals surface area contributed by atoms with Gasteiger partial charge in [0.2, 0.25) is 10.0 Å². The van der Waals surface area contributed by atoms with Gasteiger partial charge in [0.05, 0.1) is 4.90 Å². The highest BCUT2D eigenvalue weighted by molar-refractivity contribution is 7.89. The van der Waals surface area contributed by atoms with Crippen molar-refractivity contribution in [3.8, 4) is 5.75 Å². The van der Waals surface area contributed by atoms with Crippen molar-refractivity contribution >= 4 is 10.0 Å². The van der Waals surface area contributed by atoms with Crippen molar-refractivity contribution in [2.45, 2.75) is 44.0 Å². The molecule has 0 saturated heterocycles. The van der Waals surface area contributed by atoms with E-state index >= 15 is 0 Å². The van der Waals surface area contributed by atoms with Gasteiger partial charge in [-0.2, -0.15) is 0 Å². The summed E-state index contributed by atoms with van der Waals surface area (Å²) in [5, 5.41) is 9.33. The van der Waals surface area contributed by atoms with Crippen molar-refractivity contribution in [1.29, 1.82) is 0 Å². The van der Waals surface area contributed by atoms with Crippen LogP contribution >= 0.6 is 0 Å². The molecule has 1 aromatic rings. The van der Waals surface area contributed by atoms with E-state index in [1.807, 2.05) is 0 Å². The fraction of sp³-hybridized carbons (Fsp3) is 0.538. The van der Waals surface area contributed by atoms with E-state index in [-0.39, 0.29) is 22.1 Å². The summed E-state index contributed by atoms with van der Waals surface area (Å²) in [4.78, 5) is 0.118. The number of sulfonamides is 1. The van der Waals surface area contributed by atoms with Crippen LogP contribution in [0.15, 0.2) is 29.2 Å². The molecule has 0 aromatic heterocycles. The van der Waals surface area contributed by atoms with Crippen LogP contribution in [0.1, 0.15) is 33.1 Å². The number of phenolic OH excluding ortho intramolecular Hbond substituents is 1. The Morgan fingerprint density at radius 2 is 2.11 bits per heavy atom. The lowest BCUT2D eigenvalue weighted by atomic mass is 9.92. The second-order valence-corrected chi connectivity index (χ2v) is 7.44. The Morgan fingerprint density at radius 3 is 2.67 bits per heavy atom. The maximum absolute atomic E-state index is 12.1. The highest BCUT2D eigenvalue weighted by Gasteiger charge is 2.33. The lowest BCUT2D eigenvalue weighted by molar-refractivity contribution is 0.372. The van der Waals surface area contributed by atoms with Gasteiger partial charge >= 0.3 is 0 Å². The van der Waals surface area contributed by atoms with E-state index in [2.05, 4.69) is 18.6 Å². The third kappa shape index (κ3) is 3.03. The van der Waals surface area contributed by atoms with E-state index in [4.69, 9.17) is 0 Å². The molecule has 1 fully saturated rings. The van der Waals surface area contributed by atoms with Gasteiger partial charge in [0, 0.05) is 6.04 Å². The highest BCUT2D eigenvalue weighted by Crippen LogP contribution is 2.37. The van der Waals surface area contributed by atoms with Crippen molar-refractivity contribution in [3.05, 3.63) is 24.3 Å². The van der Waals surface area contributed by atoms with Crippen molar-refractivity contribution < 1.29 is 13.5 Å². The van der Waals surface area contributed by atoms with Gasteiger partial charge in [0.1, 0.15) is 5.75 Å². The summed E-state index contributed by atoms with van der Waals surface area (Å²) in [6.07, 6.45) is 2.75. The molecule has 0 radical (unpaired) electrons. The Kier molecular flexibility index (Phi) is 3.38. The van der Waals surface area contributed by atoms with Crippen LogP contribution in [0.25, 0.3) is 0 Å². The van der Waals surface area contributed by atoms with Crippen LogP contribution in [0.2, 0.25) is 0 Å². The van der Waals surface area contributed by atoms with Gasteiger partial charge in [-0.05, 0) is 42.9 Å². The number of aromatic hydroxyl groups is 1. The van der Waals surface area contributed by atoms with Gasteiger partial charge < -0.3 is 5.11 Å². The van der Waals surface area contributed by atoms with Crippen LogP contribution in [0.4, 0.5) is 0 Å². The van der Waals surface area contributed by atoms with Gasteiger partial charge in [-0.25, -0.2) is 13.1 Å². The van der Waals surface area contributed by atoms with Crippen LogP contribution in [0, 0.1) is 5.41 Å². The van der Waals surface area contributed by atoms with Crippen LogP contribution in [-0.4, -0.2) is 19.6 Å². The largest absolute Gasteiger partial charge is 0.508 e. The predicted octanol–water partition coefficient (Wildman–Crippen LogP) is 2.25. The molecule has 0 spiro atoms. The molecule has 0 heterocycles. The van der Waals surface area contributed by atoms with Crippen LogP contribution in [-0.2, 0) is 10.0 Å². The standard InChI is InChI=1S/C13H19NO3S/c1-13(2)7-6-10(9-13)14-18(16,17)12-5-3-4-11(15)8-12/h3-5,8,10,14-15H,6-7,9H2,1-2H3. The van der Waals surface area contributed by atoms with E-state index < -0.39 is 10.0 Å². The molecule has 5 heteroatoms. The Hall–Kier alpha value is -1.07. The lowest BCUT2D eigenvalue weighted by Gasteiger charge is -2.18. The van der Waals surface area contributed by atoms with E-state index in [1.165, 1.54) is 24.3 Å². The van der Waals surface area contributed by atoms with Gasteiger partial charge in [0.15, 0.2) is 0 Å². The first kappa shape index (κ1) is 13.4. The zero-order valence-electron chi connectivity index (χ0n) is 10.7. The molecule has 100 valence electrons. The molecule has 1 aliphatic carbocycles. The number of nitrogens with one attached hydrogen (secondary N) is 1. The summed E-state index contributed by atoms with van der Waals surface area (Å²) in [5.41, 5.74) is 0.200.